The molecule has 1 fully saturated rings. The van der Waals surface area contributed by atoms with Crippen LogP contribution in [0.15, 0.2) is 22.7 Å². The van der Waals surface area contributed by atoms with Crippen LogP contribution >= 0.6 is 31.9 Å². The van der Waals surface area contributed by atoms with Gasteiger partial charge in [-0.15, -0.1) is 0 Å². The molecule has 1 heterocycles. The molecule has 1 aromatic rings. The maximum Gasteiger partial charge on any atom is 0.124 e. The molecule has 0 N–H and O–H groups in total. The monoisotopic (exact) mass is 336 g/mol. The number of ether oxygens (including phenoxy) is 1. The average molecular weight is 338 g/mol. The number of hydrogen-bond donors (Lipinski definition) is 0. The smallest absolute Gasteiger partial charge is 0.124 e. The van der Waals surface area contributed by atoms with Crippen molar-refractivity contribution in [2.45, 2.75) is 25.0 Å². The van der Waals surface area contributed by atoms with Crippen LogP contribution in [0.4, 0.5) is 4.39 Å². The summed E-state index contributed by atoms with van der Waals surface area (Å²) >= 11 is 6.78. The minimum absolute atomic E-state index is 0.0996. The van der Waals surface area contributed by atoms with Crippen LogP contribution in [0.2, 0.25) is 0 Å². The molecule has 0 bridgehead atoms. The molecule has 1 aliphatic heterocycles. The normalized spacial score (nSPS) is 25.8. The second-order valence-electron chi connectivity index (χ2n) is 3.64. The van der Waals surface area contributed by atoms with E-state index >= 15 is 0 Å². The maximum atomic E-state index is 12.9. The summed E-state index contributed by atoms with van der Waals surface area (Å²) in [6.07, 6.45) is 2.44. The maximum absolute atomic E-state index is 12.9. The van der Waals surface area contributed by atoms with Crippen molar-refractivity contribution in [2.24, 2.45) is 0 Å². The fraction of sp³-hybridized carbons (Fsp3) is 0.455. The Morgan fingerprint density at radius 3 is 2.80 bits per heavy atom. The van der Waals surface area contributed by atoms with E-state index in [1.807, 2.05) is 0 Å². The zero-order valence-electron chi connectivity index (χ0n) is 8.05. The van der Waals surface area contributed by atoms with Crippen molar-refractivity contribution in [1.29, 1.82) is 0 Å². The Balaban J connectivity index is 2.17. The largest absolute Gasteiger partial charge is 0.369 e. The van der Waals surface area contributed by atoms with Gasteiger partial charge in [0.1, 0.15) is 5.82 Å². The summed E-state index contributed by atoms with van der Waals surface area (Å²) in [6.45, 7) is 0. The van der Waals surface area contributed by atoms with Crippen molar-refractivity contribution < 1.29 is 9.13 Å². The molecular formula is C11H11Br2FO. The fourth-order valence-corrected chi connectivity index (χ4v) is 2.89. The predicted molar refractivity (Wildman–Crippen MR) is 64.7 cm³/mol. The molecule has 2 atom stereocenters. The first kappa shape index (κ1) is 11.6. The van der Waals surface area contributed by atoms with Gasteiger partial charge < -0.3 is 4.74 Å². The van der Waals surface area contributed by atoms with Gasteiger partial charge in [0.2, 0.25) is 0 Å². The molecule has 1 aliphatic rings. The van der Waals surface area contributed by atoms with Gasteiger partial charge in [0.25, 0.3) is 0 Å². The molecule has 1 nitrogen and oxygen atoms in total. The number of hydrogen-bond acceptors (Lipinski definition) is 1. The van der Waals surface area contributed by atoms with E-state index in [4.69, 9.17) is 4.74 Å². The molecule has 0 amide bonds. The first-order chi connectivity index (χ1) is 7.20. The van der Waals surface area contributed by atoms with Crippen LogP contribution < -0.4 is 0 Å². The first-order valence-electron chi connectivity index (χ1n) is 4.87. The van der Waals surface area contributed by atoms with E-state index in [1.54, 1.807) is 6.07 Å². The number of benzene rings is 1. The van der Waals surface area contributed by atoms with E-state index in [1.165, 1.54) is 12.1 Å². The topological polar surface area (TPSA) is 9.23 Å². The predicted octanol–water partition coefficient (Wildman–Crippen LogP) is 4.20. The Bertz CT molecular complexity index is 356. The van der Waals surface area contributed by atoms with Crippen molar-refractivity contribution >= 4 is 31.9 Å². The molecule has 0 spiro atoms. The second kappa shape index (κ2) is 4.93. The Kier molecular flexibility index (Phi) is 3.80. The molecule has 0 saturated carbocycles. The third kappa shape index (κ3) is 2.60. The third-order valence-electron chi connectivity index (χ3n) is 2.59. The highest BCUT2D eigenvalue weighted by Crippen LogP contribution is 2.36. The Hall–Kier alpha value is 0.0700. The molecule has 2 rings (SSSR count). The van der Waals surface area contributed by atoms with Crippen molar-refractivity contribution in [3.63, 3.8) is 0 Å². The van der Waals surface area contributed by atoms with E-state index in [0.717, 1.165) is 28.2 Å². The summed E-state index contributed by atoms with van der Waals surface area (Å²) in [5.74, 6) is -0.222. The van der Waals surface area contributed by atoms with Gasteiger partial charge in [-0.2, -0.15) is 0 Å². The minimum atomic E-state index is -0.222. The van der Waals surface area contributed by atoms with Gasteiger partial charge in [-0.25, -0.2) is 4.39 Å². The Morgan fingerprint density at radius 2 is 2.20 bits per heavy atom. The summed E-state index contributed by atoms with van der Waals surface area (Å²) in [4.78, 5) is 0. The van der Waals surface area contributed by atoms with Crippen LogP contribution in [0.1, 0.15) is 24.5 Å². The molecular weight excluding hydrogens is 327 g/mol. The number of halogens is 3. The molecule has 2 unspecified atom stereocenters. The quantitative estimate of drug-likeness (QED) is 0.735. The van der Waals surface area contributed by atoms with E-state index in [2.05, 4.69) is 31.9 Å². The van der Waals surface area contributed by atoms with Crippen molar-refractivity contribution in [3.05, 3.63) is 34.1 Å². The zero-order chi connectivity index (χ0) is 10.8. The third-order valence-corrected chi connectivity index (χ3v) is 4.00. The van der Waals surface area contributed by atoms with Gasteiger partial charge in [0.15, 0.2) is 0 Å². The van der Waals surface area contributed by atoms with Crippen LogP contribution in [0, 0.1) is 5.82 Å². The van der Waals surface area contributed by atoms with Gasteiger partial charge in [0.05, 0.1) is 12.2 Å². The molecule has 1 aromatic carbocycles. The number of alkyl halides is 1. The summed E-state index contributed by atoms with van der Waals surface area (Å²) in [5, 5.41) is 0.863. The van der Waals surface area contributed by atoms with Gasteiger partial charge in [-0.3, -0.25) is 0 Å². The lowest BCUT2D eigenvalue weighted by molar-refractivity contribution is 0.0584. The van der Waals surface area contributed by atoms with Crippen LogP contribution in [0.25, 0.3) is 0 Å². The van der Waals surface area contributed by atoms with Crippen LogP contribution in [-0.2, 0) is 4.74 Å². The first-order valence-corrected chi connectivity index (χ1v) is 6.78. The van der Waals surface area contributed by atoms with Crippen molar-refractivity contribution in [1.82, 2.24) is 0 Å². The highest BCUT2D eigenvalue weighted by atomic mass is 79.9. The summed E-state index contributed by atoms with van der Waals surface area (Å²) in [6, 6.07) is 4.76. The minimum Gasteiger partial charge on any atom is -0.369 e. The Morgan fingerprint density at radius 1 is 1.40 bits per heavy atom. The molecule has 0 aromatic heterocycles. The van der Waals surface area contributed by atoms with Crippen LogP contribution in [0.5, 0.6) is 0 Å². The second-order valence-corrected chi connectivity index (χ2v) is 5.15. The lowest BCUT2D eigenvalue weighted by Gasteiger charge is -2.13. The zero-order valence-corrected chi connectivity index (χ0v) is 11.2. The van der Waals surface area contributed by atoms with E-state index in [9.17, 15) is 4.39 Å². The van der Waals surface area contributed by atoms with Crippen LogP contribution in [-0.4, -0.2) is 11.4 Å². The van der Waals surface area contributed by atoms with Crippen LogP contribution in [0.3, 0.4) is 0 Å². The molecule has 0 aliphatic carbocycles. The summed E-state index contributed by atoms with van der Waals surface area (Å²) in [7, 11) is 0. The molecule has 0 radical (unpaired) electrons. The average Bonchev–Trinajstić information content (AvgIpc) is 2.66. The van der Waals surface area contributed by atoms with Gasteiger partial charge in [-0.1, -0.05) is 37.9 Å². The SMILES string of the molecule is Fc1ccc(C2CCC(CBr)O2)c(Br)c1. The highest BCUT2D eigenvalue weighted by Gasteiger charge is 2.26. The standard InChI is InChI=1S/C11H11Br2FO/c12-6-8-2-4-11(15-8)9-3-1-7(14)5-10(9)13/h1,3,5,8,11H,2,4,6H2. The van der Waals surface area contributed by atoms with Crippen molar-refractivity contribution in [2.75, 3.05) is 5.33 Å². The highest BCUT2D eigenvalue weighted by molar-refractivity contribution is 9.10. The van der Waals surface area contributed by atoms with Crippen molar-refractivity contribution in [3.8, 4) is 0 Å². The van der Waals surface area contributed by atoms with E-state index < -0.39 is 0 Å². The van der Waals surface area contributed by atoms with Gasteiger partial charge in [-0.05, 0) is 30.5 Å². The molecule has 1 saturated heterocycles. The lowest BCUT2D eigenvalue weighted by Crippen LogP contribution is -2.07. The molecule has 4 heteroatoms. The van der Waals surface area contributed by atoms with E-state index in [-0.39, 0.29) is 18.0 Å². The Labute approximate surface area is 105 Å². The van der Waals surface area contributed by atoms with Gasteiger partial charge >= 0.3 is 0 Å². The molecule has 15 heavy (non-hydrogen) atoms. The summed E-state index contributed by atoms with van der Waals surface area (Å²) in [5.41, 5.74) is 1.04. The number of rotatable bonds is 2. The van der Waals surface area contributed by atoms with E-state index in [0.29, 0.717) is 0 Å². The fourth-order valence-electron chi connectivity index (χ4n) is 1.81. The van der Waals surface area contributed by atoms with Gasteiger partial charge in [0, 0.05) is 9.80 Å². The lowest BCUT2D eigenvalue weighted by atomic mass is 10.1. The molecule has 82 valence electrons. The summed E-state index contributed by atoms with van der Waals surface area (Å²) < 4.78 is 19.5.